The molecule has 0 saturated carbocycles. The predicted molar refractivity (Wildman–Crippen MR) is 48.8 cm³/mol. The molecule has 14 heavy (non-hydrogen) atoms. The van der Waals surface area contributed by atoms with Gasteiger partial charge in [-0.1, -0.05) is 15.9 Å². The fraction of sp³-hybridized carbons (Fsp3) is 0.750. The van der Waals surface area contributed by atoms with E-state index < -0.39 is 18.0 Å². The quantitative estimate of drug-likeness (QED) is 0.565. The highest BCUT2D eigenvalue weighted by Crippen LogP contribution is 2.34. The second kappa shape index (κ2) is 4.61. The summed E-state index contributed by atoms with van der Waals surface area (Å²) in [5.41, 5.74) is 0. The lowest BCUT2D eigenvalue weighted by Gasteiger charge is -2.28. The maximum absolute atomic E-state index is 13.2. The first-order valence-electron chi connectivity index (χ1n) is 4.23. The molecule has 1 unspecified atom stereocenters. The number of alkyl halides is 3. The Hall–Kier alpha value is -0.100. The van der Waals surface area contributed by atoms with Crippen LogP contribution in [0.4, 0.5) is 17.6 Å². The first-order valence-corrected chi connectivity index (χ1v) is 5.14. The fourth-order valence-electron chi connectivity index (χ4n) is 1.40. The Labute approximate surface area is 87.9 Å². The van der Waals surface area contributed by atoms with Crippen LogP contribution in [0.5, 0.6) is 0 Å². The highest BCUT2D eigenvalue weighted by atomic mass is 79.9. The summed E-state index contributed by atoms with van der Waals surface area (Å²) >= 11 is 2.49. The first kappa shape index (κ1) is 12.0. The zero-order valence-corrected chi connectivity index (χ0v) is 8.91. The third kappa shape index (κ3) is 2.28. The smallest absolute Gasteiger partial charge is 0.242 e. The van der Waals surface area contributed by atoms with Crippen molar-refractivity contribution in [3.05, 3.63) is 10.8 Å². The van der Waals surface area contributed by atoms with Crippen LogP contribution < -0.4 is 0 Å². The Morgan fingerprint density at radius 2 is 1.86 bits per heavy atom. The number of likely N-dealkylation sites (tertiary alicyclic amines) is 1. The van der Waals surface area contributed by atoms with E-state index in [1.165, 1.54) is 0 Å². The van der Waals surface area contributed by atoms with E-state index in [4.69, 9.17) is 0 Å². The van der Waals surface area contributed by atoms with E-state index in [-0.39, 0.29) is 13.1 Å². The van der Waals surface area contributed by atoms with Gasteiger partial charge in [0.1, 0.15) is 5.83 Å². The predicted octanol–water partition coefficient (Wildman–Crippen LogP) is 3.22. The van der Waals surface area contributed by atoms with E-state index >= 15 is 0 Å². The summed E-state index contributed by atoms with van der Waals surface area (Å²) in [6, 6.07) is -3.75. The normalized spacial score (nSPS) is 22.8. The Kier molecular flexibility index (Phi) is 3.94. The highest BCUT2D eigenvalue weighted by Gasteiger charge is 2.49. The molecule has 0 amide bonds. The third-order valence-corrected chi connectivity index (χ3v) is 2.62. The maximum Gasteiger partial charge on any atom is 0.342 e. The Morgan fingerprint density at radius 3 is 2.29 bits per heavy atom. The molecular weight excluding hydrogens is 266 g/mol. The molecule has 6 heteroatoms. The molecule has 1 saturated heterocycles. The molecule has 0 aliphatic carbocycles. The molecule has 1 heterocycles. The summed E-state index contributed by atoms with van der Waals surface area (Å²) in [7, 11) is 0. The molecule has 0 aromatic rings. The number of hydrogen-bond donors (Lipinski definition) is 0. The molecule has 1 atom stereocenters. The van der Waals surface area contributed by atoms with Crippen molar-refractivity contribution >= 4 is 15.9 Å². The molecule has 0 spiro atoms. The van der Waals surface area contributed by atoms with Crippen LogP contribution >= 0.6 is 15.9 Å². The number of rotatable bonds is 3. The summed E-state index contributed by atoms with van der Waals surface area (Å²) in [6.07, 6.45) is -1.69. The van der Waals surface area contributed by atoms with Crippen molar-refractivity contribution in [1.82, 2.24) is 4.90 Å². The summed E-state index contributed by atoms with van der Waals surface area (Å²) in [4.78, 5) is 1.22. The zero-order valence-electron chi connectivity index (χ0n) is 7.32. The Morgan fingerprint density at radius 1 is 1.36 bits per heavy atom. The van der Waals surface area contributed by atoms with Crippen LogP contribution in [0, 0.1) is 0 Å². The average molecular weight is 276 g/mol. The third-order valence-electron chi connectivity index (χ3n) is 2.18. The van der Waals surface area contributed by atoms with Crippen molar-refractivity contribution in [2.75, 3.05) is 13.1 Å². The van der Waals surface area contributed by atoms with Gasteiger partial charge in [-0.15, -0.1) is 0 Å². The van der Waals surface area contributed by atoms with Gasteiger partial charge in [-0.25, -0.2) is 13.7 Å². The minimum absolute atomic E-state index is 0.114. The molecule has 0 aromatic heterocycles. The minimum atomic E-state index is -3.75. The SMILES string of the molecule is FC(=CBr)C(F)C(F)(F)N1CCCC1. The lowest BCUT2D eigenvalue weighted by atomic mass is 10.3. The number of nitrogens with zero attached hydrogens (tertiary/aromatic N) is 1. The molecular formula is C8H10BrF4N. The van der Waals surface area contributed by atoms with Gasteiger partial charge in [0.15, 0.2) is 0 Å². The second-order valence-electron chi connectivity index (χ2n) is 3.14. The highest BCUT2D eigenvalue weighted by molar-refractivity contribution is 9.11. The van der Waals surface area contributed by atoms with Crippen LogP contribution in [0.2, 0.25) is 0 Å². The van der Waals surface area contributed by atoms with Crippen LogP contribution in [0.1, 0.15) is 12.8 Å². The van der Waals surface area contributed by atoms with Gasteiger partial charge in [0.05, 0.1) is 0 Å². The Bertz CT molecular complexity index is 225. The van der Waals surface area contributed by atoms with Gasteiger partial charge in [0.2, 0.25) is 6.17 Å². The molecule has 0 radical (unpaired) electrons. The molecule has 1 aliphatic rings. The number of halogens is 5. The molecule has 1 fully saturated rings. The minimum Gasteiger partial charge on any atom is -0.242 e. The van der Waals surface area contributed by atoms with E-state index in [1.807, 2.05) is 0 Å². The maximum atomic E-state index is 13.2. The Balaban J connectivity index is 2.72. The summed E-state index contributed by atoms with van der Waals surface area (Å²) < 4.78 is 52.0. The van der Waals surface area contributed by atoms with Crippen molar-refractivity contribution in [2.45, 2.75) is 25.1 Å². The zero-order chi connectivity index (χ0) is 10.8. The van der Waals surface area contributed by atoms with Gasteiger partial charge < -0.3 is 0 Å². The van der Waals surface area contributed by atoms with E-state index in [0.717, 1.165) is 0 Å². The summed E-state index contributed by atoms with van der Waals surface area (Å²) in [5.74, 6) is -1.48. The van der Waals surface area contributed by atoms with Crippen molar-refractivity contribution in [3.63, 3.8) is 0 Å². The first-order chi connectivity index (χ1) is 6.50. The van der Waals surface area contributed by atoms with Gasteiger partial charge >= 0.3 is 6.05 Å². The average Bonchev–Trinajstić information content (AvgIpc) is 2.68. The van der Waals surface area contributed by atoms with Gasteiger partial charge in [0.25, 0.3) is 0 Å². The van der Waals surface area contributed by atoms with E-state index in [9.17, 15) is 17.6 Å². The van der Waals surface area contributed by atoms with Gasteiger partial charge in [-0.05, 0) is 12.8 Å². The molecule has 1 aliphatic heterocycles. The van der Waals surface area contributed by atoms with Crippen LogP contribution in [0.25, 0.3) is 0 Å². The molecule has 0 N–H and O–H groups in total. The molecule has 82 valence electrons. The van der Waals surface area contributed by atoms with E-state index in [0.29, 0.717) is 22.7 Å². The van der Waals surface area contributed by atoms with Gasteiger partial charge in [-0.2, -0.15) is 8.78 Å². The molecule has 1 nitrogen and oxygen atoms in total. The number of hydrogen-bond acceptors (Lipinski definition) is 1. The van der Waals surface area contributed by atoms with Crippen LogP contribution in [0.15, 0.2) is 10.8 Å². The second-order valence-corrected chi connectivity index (χ2v) is 3.60. The molecule has 1 rings (SSSR count). The van der Waals surface area contributed by atoms with Gasteiger partial charge in [0, 0.05) is 18.1 Å². The summed E-state index contributed by atoms with van der Waals surface area (Å²) in [5, 5.41) is 0. The van der Waals surface area contributed by atoms with Crippen molar-refractivity contribution in [3.8, 4) is 0 Å². The van der Waals surface area contributed by atoms with Crippen molar-refractivity contribution in [2.24, 2.45) is 0 Å². The van der Waals surface area contributed by atoms with Crippen molar-refractivity contribution < 1.29 is 17.6 Å². The van der Waals surface area contributed by atoms with Crippen LogP contribution in [-0.4, -0.2) is 30.2 Å². The standard InChI is InChI=1S/C8H10BrF4N/c9-5-6(10)7(11)8(12,13)14-3-1-2-4-14/h5,7H,1-4H2. The lowest BCUT2D eigenvalue weighted by molar-refractivity contribution is -0.177. The van der Waals surface area contributed by atoms with E-state index in [2.05, 4.69) is 15.9 Å². The largest absolute Gasteiger partial charge is 0.342 e. The van der Waals surface area contributed by atoms with Crippen LogP contribution in [0.3, 0.4) is 0 Å². The molecule has 0 bridgehead atoms. The lowest BCUT2D eigenvalue weighted by Crippen LogP contribution is -2.47. The summed E-state index contributed by atoms with van der Waals surface area (Å²) in [6.45, 7) is 0.228. The van der Waals surface area contributed by atoms with E-state index in [1.54, 1.807) is 0 Å². The van der Waals surface area contributed by atoms with Crippen LogP contribution in [-0.2, 0) is 0 Å². The van der Waals surface area contributed by atoms with Gasteiger partial charge in [-0.3, -0.25) is 0 Å². The molecule has 0 aromatic carbocycles. The topological polar surface area (TPSA) is 3.24 Å². The van der Waals surface area contributed by atoms with Crippen molar-refractivity contribution in [1.29, 1.82) is 0 Å². The fourth-order valence-corrected chi connectivity index (χ4v) is 1.63. The monoisotopic (exact) mass is 275 g/mol.